The highest BCUT2D eigenvalue weighted by atomic mass is 31.2. The summed E-state index contributed by atoms with van der Waals surface area (Å²) in [6.07, 6.45) is 19.0. The average molecular weight is 733 g/mol. The summed E-state index contributed by atoms with van der Waals surface area (Å²) in [4.78, 5) is 39.2. The standard InChI is InChI=1S/C37H58FN6O6P/c1-5-7-8-9-10-11-12-13-14-15-16-17-19-27(25-49-51(46,47)50-26(3)4)35-40-23-28(24-41-35)29-22-30-34(32(33(29)38)31-20-18-21-48-31)43-36(42-30)44-37(45)39-6-2/h22-24,26-27,31H,5-21,25H2,1-4H3,(H,46,47)(H3,39,42,43,44,45)/t27?,31-/m1/s1. The summed E-state index contributed by atoms with van der Waals surface area (Å²) in [7, 11) is -4.26. The van der Waals surface area contributed by atoms with Gasteiger partial charge in [-0.3, -0.25) is 14.4 Å². The number of unbranched alkanes of at least 4 members (excludes halogenated alkanes) is 11. The first-order chi connectivity index (χ1) is 24.6. The van der Waals surface area contributed by atoms with E-state index >= 15 is 4.39 Å². The molecule has 4 N–H and O–H groups in total. The molecule has 0 radical (unpaired) electrons. The van der Waals surface area contributed by atoms with Gasteiger partial charge < -0.3 is 19.9 Å². The van der Waals surface area contributed by atoms with Crippen LogP contribution in [0.5, 0.6) is 0 Å². The minimum absolute atomic E-state index is 0.0864. The van der Waals surface area contributed by atoms with Crippen molar-refractivity contribution in [3.63, 3.8) is 0 Å². The van der Waals surface area contributed by atoms with Gasteiger partial charge in [0.25, 0.3) is 0 Å². The van der Waals surface area contributed by atoms with Crippen LogP contribution in [0.4, 0.5) is 15.1 Å². The average Bonchev–Trinajstić information content (AvgIpc) is 3.76. The van der Waals surface area contributed by atoms with E-state index in [0.29, 0.717) is 54.0 Å². The van der Waals surface area contributed by atoms with Crippen LogP contribution in [0.15, 0.2) is 18.5 Å². The molecule has 0 aliphatic carbocycles. The zero-order valence-corrected chi connectivity index (χ0v) is 31.7. The molecular formula is C37H58FN6O6P. The SMILES string of the molecule is CCCCCCCCCCCCCCC(COP(=O)(O)OC(C)C)c1ncc(-c2cc3[nH]c(NC(=O)NCC)nc3c([C@H]3CCCO3)c2F)cn1. The van der Waals surface area contributed by atoms with Crippen molar-refractivity contribution in [3.05, 3.63) is 35.7 Å². The molecule has 1 aromatic carbocycles. The first-order valence-corrected chi connectivity index (χ1v) is 20.5. The number of urea groups is 1. The zero-order chi connectivity index (χ0) is 36.6. The molecule has 1 fully saturated rings. The van der Waals surface area contributed by atoms with Crippen LogP contribution in [-0.4, -0.2) is 56.7 Å². The molecule has 1 aliphatic rings. The molecule has 1 aliphatic heterocycles. The van der Waals surface area contributed by atoms with Crippen LogP contribution < -0.4 is 10.6 Å². The second-order valence-electron chi connectivity index (χ2n) is 13.7. The molecule has 3 heterocycles. The normalized spacial score (nSPS) is 16.5. The molecule has 4 rings (SSSR count). The van der Waals surface area contributed by atoms with Gasteiger partial charge in [-0.15, -0.1) is 0 Å². The van der Waals surface area contributed by atoms with E-state index in [9.17, 15) is 14.3 Å². The number of halogens is 1. The summed E-state index contributed by atoms with van der Waals surface area (Å²) in [5.41, 5.74) is 1.98. The van der Waals surface area contributed by atoms with Crippen molar-refractivity contribution in [1.82, 2.24) is 25.3 Å². The summed E-state index contributed by atoms with van der Waals surface area (Å²) in [6.45, 7) is 8.27. The van der Waals surface area contributed by atoms with Crippen molar-refractivity contribution in [1.29, 1.82) is 0 Å². The van der Waals surface area contributed by atoms with Gasteiger partial charge in [0.1, 0.15) is 11.6 Å². The van der Waals surface area contributed by atoms with Crippen molar-refractivity contribution in [2.45, 2.75) is 142 Å². The number of hydrogen-bond donors (Lipinski definition) is 4. The number of amides is 2. The monoisotopic (exact) mass is 732 g/mol. The molecule has 284 valence electrons. The van der Waals surface area contributed by atoms with Gasteiger partial charge in [0.2, 0.25) is 5.95 Å². The second-order valence-corrected chi connectivity index (χ2v) is 15.1. The van der Waals surface area contributed by atoms with Crippen LogP contribution in [0.2, 0.25) is 0 Å². The number of nitrogens with one attached hydrogen (secondary N) is 3. The first-order valence-electron chi connectivity index (χ1n) is 19.0. The van der Waals surface area contributed by atoms with Crippen molar-refractivity contribution in [3.8, 4) is 11.1 Å². The van der Waals surface area contributed by atoms with Crippen molar-refractivity contribution < 1.29 is 32.4 Å². The number of ether oxygens (including phenoxy) is 1. The Morgan fingerprint density at radius 1 is 1.06 bits per heavy atom. The molecule has 12 nitrogen and oxygen atoms in total. The van der Waals surface area contributed by atoms with Crippen LogP contribution in [0.1, 0.15) is 147 Å². The number of phosphoric ester groups is 1. The van der Waals surface area contributed by atoms with Gasteiger partial charge in [-0.2, -0.15) is 0 Å². The predicted molar refractivity (Wildman–Crippen MR) is 198 cm³/mol. The topological polar surface area (TPSA) is 161 Å². The lowest BCUT2D eigenvalue weighted by Gasteiger charge is -2.20. The number of hydrogen-bond acceptors (Lipinski definition) is 8. The van der Waals surface area contributed by atoms with Gasteiger partial charge in [0.05, 0.1) is 29.8 Å². The van der Waals surface area contributed by atoms with Gasteiger partial charge in [0.15, 0.2) is 0 Å². The Morgan fingerprint density at radius 3 is 2.29 bits per heavy atom. The Morgan fingerprint density at radius 2 is 1.71 bits per heavy atom. The second kappa shape index (κ2) is 20.9. The number of carbonyl (C=O) groups is 1. The summed E-state index contributed by atoms with van der Waals surface area (Å²) in [5.74, 6) is -0.197. The Kier molecular flexibility index (Phi) is 16.7. The number of fused-ring (bicyclic) bond motifs is 1. The molecule has 2 aromatic heterocycles. The maximum Gasteiger partial charge on any atom is 0.472 e. The third-order valence-electron chi connectivity index (χ3n) is 9.11. The lowest BCUT2D eigenvalue weighted by Crippen LogP contribution is -2.28. The number of aromatic nitrogens is 4. The number of carbonyl (C=O) groups excluding carboxylic acids is 1. The van der Waals surface area contributed by atoms with E-state index in [1.54, 1.807) is 32.3 Å². The summed E-state index contributed by atoms with van der Waals surface area (Å²) in [5, 5.41) is 5.32. The Bertz CT molecular complexity index is 1550. The highest BCUT2D eigenvalue weighted by Gasteiger charge is 2.29. The highest BCUT2D eigenvalue weighted by Crippen LogP contribution is 2.46. The quantitative estimate of drug-likeness (QED) is 0.0549. The molecule has 51 heavy (non-hydrogen) atoms. The van der Waals surface area contributed by atoms with E-state index in [4.69, 9.17) is 13.8 Å². The number of imidazole rings is 1. The van der Waals surface area contributed by atoms with Crippen LogP contribution in [0.25, 0.3) is 22.2 Å². The molecule has 2 unspecified atom stereocenters. The van der Waals surface area contributed by atoms with Gasteiger partial charge in [-0.05, 0) is 46.1 Å². The smallest absolute Gasteiger partial charge is 0.373 e. The van der Waals surface area contributed by atoms with E-state index in [1.165, 1.54) is 57.8 Å². The largest absolute Gasteiger partial charge is 0.472 e. The minimum Gasteiger partial charge on any atom is -0.373 e. The summed E-state index contributed by atoms with van der Waals surface area (Å²) in [6, 6.07) is 1.21. The van der Waals surface area contributed by atoms with Crippen LogP contribution >= 0.6 is 7.82 Å². The van der Waals surface area contributed by atoms with Gasteiger partial charge >= 0.3 is 13.9 Å². The fraction of sp³-hybridized carbons (Fsp3) is 0.676. The van der Waals surface area contributed by atoms with E-state index in [1.807, 2.05) is 6.92 Å². The van der Waals surface area contributed by atoms with Crippen molar-refractivity contribution in [2.24, 2.45) is 0 Å². The zero-order valence-electron chi connectivity index (χ0n) is 30.8. The van der Waals surface area contributed by atoms with Crippen LogP contribution in [0, 0.1) is 5.82 Å². The van der Waals surface area contributed by atoms with Crippen molar-refractivity contribution in [2.75, 3.05) is 25.1 Å². The number of aromatic amines is 1. The van der Waals surface area contributed by atoms with E-state index in [-0.39, 0.29) is 24.0 Å². The Labute approximate surface area is 302 Å². The lowest BCUT2D eigenvalue weighted by atomic mass is 9.97. The fourth-order valence-electron chi connectivity index (χ4n) is 6.52. The third kappa shape index (κ3) is 12.9. The van der Waals surface area contributed by atoms with Crippen LogP contribution in [-0.2, 0) is 18.3 Å². The van der Waals surface area contributed by atoms with Gasteiger partial charge in [0, 0.05) is 48.2 Å². The summed E-state index contributed by atoms with van der Waals surface area (Å²) < 4.78 is 45.3. The minimum atomic E-state index is -4.26. The molecule has 3 aromatic rings. The molecule has 1 saturated heterocycles. The van der Waals surface area contributed by atoms with Gasteiger partial charge in [-0.25, -0.2) is 28.7 Å². The maximum absolute atomic E-state index is 16.4. The number of phosphoric acid groups is 1. The number of anilines is 1. The Hall–Kier alpha value is -2.96. The van der Waals surface area contributed by atoms with Gasteiger partial charge in [-0.1, -0.05) is 84.0 Å². The molecule has 2 amide bonds. The number of nitrogens with zero attached hydrogens (tertiary/aromatic N) is 3. The van der Waals surface area contributed by atoms with E-state index < -0.39 is 31.9 Å². The molecule has 14 heteroatoms. The van der Waals surface area contributed by atoms with Crippen LogP contribution in [0.3, 0.4) is 0 Å². The Balaban J connectivity index is 1.46. The summed E-state index contributed by atoms with van der Waals surface area (Å²) >= 11 is 0. The molecule has 0 saturated carbocycles. The first kappa shape index (κ1) is 40.8. The molecule has 3 atom stereocenters. The third-order valence-corrected chi connectivity index (χ3v) is 10.3. The number of benzene rings is 1. The predicted octanol–water partition coefficient (Wildman–Crippen LogP) is 9.87. The highest BCUT2D eigenvalue weighted by molar-refractivity contribution is 7.47. The lowest BCUT2D eigenvalue weighted by molar-refractivity contribution is 0.110. The van der Waals surface area contributed by atoms with E-state index in [0.717, 1.165) is 25.7 Å². The fourth-order valence-corrected chi connectivity index (χ4v) is 7.48. The number of H-pyrrole nitrogens is 1. The van der Waals surface area contributed by atoms with Crippen molar-refractivity contribution >= 4 is 30.8 Å². The van der Waals surface area contributed by atoms with E-state index in [2.05, 4.69) is 37.5 Å². The molecule has 0 spiro atoms. The molecule has 0 bridgehead atoms. The molecular weight excluding hydrogens is 674 g/mol. The number of rotatable bonds is 23. The maximum atomic E-state index is 16.4.